The topological polar surface area (TPSA) is 110 Å². The molecule has 0 unspecified atom stereocenters. The number of hydrogen-bond donors (Lipinski definition) is 1. The van der Waals surface area contributed by atoms with Crippen LogP contribution in [0.25, 0.3) is 0 Å². The number of carbonyl (C=O) groups is 2. The number of aliphatic carboxylic acids is 1. The maximum Gasteiger partial charge on any atom is 0.410 e. The number of rotatable bonds is 3. The molecule has 1 amide bonds. The number of likely N-dealkylation sites (tertiary alicyclic amines) is 1. The van der Waals surface area contributed by atoms with Crippen LogP contribution in [0.3, 0.4) is 0 Å². The lowest BCUT2D eigenvalue weighted by Gasteiger charge is -2.49. The summed E-state index contributed by atoms with van der Waals surface area (Å²) in [5, 5.41) is 8.67. The van der Waals surface area contributed by atoms with Crippen LogP contribution in [0.4, 0.5) is 4.79 Å². The van der Waals surface area contributed by atoms with Crippen LogP contribution in [0.15, 0.2) is 0 Å². The van der Waals surface area contributed by atoms with E-state index in [1.165, 1.54) is 4.90 Å². The molecular weight excluding hydrogens is 314 g/mol. The first-order chi connectivity index (χ1) is 9.92. The summed E-state index contributed by atoms with van der Waals surface area (Å²) in [6.07, 6.45) is -1.20. The van der Waals surface area contributed by atoms with Crippen LogP contribution >= 0.6 is 0 Å². The average molecular weight is 335 g/mol. The molecule has 0 radical (unpaired) electrons. The van der Waals surface area contributed by atoms with Gasteiger partial charge in [-0.1, -0.05) is 0 Å². The molecule has 9 heteroatoms. The summed E-state index contributed by atoms with van der Waals surface area (Å²) in [6, 6.07) is 0. The molecule has 0 aromatic rings. The predicted octanol–water partition coefficient (Wildman–Crippen LogP) is 0.122. The molecule has 0 bridgehead atoms. The Hall–Kier alpha value is -1.35. The third kappa shape index (κ3) is 3.70. The first-order valence-electron chi connectivity index (χ1n) is 6.94. The van der Waals surface area contributed by atoms with Crippen molar-refractivity contribution >= 4 is 21.9 Å². The maximum atomic E-state index is 11.9. The van der Waals surface area contributed by atoms with E-state index < -0.39 is 45.6 Å². The lowest BCUT2D eigenvalue weighted by atomic mass is 9.77. The van der Waals surface area contributed by atoms with Gasteiger partial charge in [-0.05, 0) is 20.8 Å². The number of carbonyl (C=O) groups excluding carboxylic acids is 1. The summed E-state index contributed by atoms with van der Waals surface area (Å²) in [4.78, 5) is 24.0. The van der Waals surface area contributed by atoms with Gasteiger partial charge < -0.3 is 19.5 Å². The van der Waals surface area contributed by atoms with Crippen molar-refractivity contribution < 1.29 is 32.6 Å². The highest BCUT2D eigenvalue weighted by Crippen LogP contribution is 2.43. The van der Waals surface area contributed by atoms with Crippen molar-refractivity contribution in [3.05, 3.63) is 0 Å². The van der Waals surface area contributed by atoms with Gasteiger partial charge in [0.2, 0.25) is 0 Å². The van der Waals surface area contributed by atoms with Gasteiger partial charge in [-0.15, -0.1) is 0 Å². The summed E-state index contributed by atoms with van der Waals surface area (Å²) >= 11 is 0. The van der Waals surface area contributed by atoms with E-state index in [9.17, 15) is 18.0 Å². The summed E-state index contributed by atoms with van der Waals surface area (Å²) in [6.45, 7) is 5.10. The normalized spacial score (nSPS) is 25.8. The maximum absolute atomic E-state index is 11.9. The first kappa shape index (κ1) is 17.0. The third-order valence-electron chi connectivity index (χ3n) is 3.67. The molecule has 0 saturated carbocycles. The number of hydrogen-bond acceptors (Lipinski definition) is 6. The van der Waals surface area contributed by atoms with E-state index in [-0.39, 0.29) is 24.6 Å². The third-order valence-corrected chi connectivity index (χ3v) is 5.49. The Labute approximate surface area is 129 Å². The SMILES string of the molecule is CC(C)(C)OC(=O)N1CC2(C1)CS(=O)(=O)C[C@H]2OCC(=O)O. The molecule has 1 atom stereocenters. The summed E-state index contributed by atoms with van der Waals surface area (Å²) < 4.78 is 34.1. The molecular formula is C13H21NO7S. The molecule has 1 N–H and O–H groups in total. The Kier molecular flexibility index (Phi) is 4.16. The minimum atomic E-state index is -3.29. The highest BCUT2D eigenvalue weighted by Gasteiger charge is 2.59. The van der Waals surface area contributed by atoms with Crippen LogP contribution < -0.4 is 0 Å². The minimum Gasteiger partial charge on any atom is -0.480 e. The zero-order valence-corrected chi connectivity index (χ0v) is 13.7. The zero-order valence-electron chi connectivity index (χ0n) is 12.9. The number of amides is 1. The molecule has 2 heterocycles. The Morgan fingerprint density at radius 3 is 2.41 bits per heavy atom. The highest BCUT2D eigenvalue weighted by atomic mass is 32.2. The van der Waals surface area contributed by atoms with E-state index in [1.54, 1.807) is 20.8 Å². The molecule has 2 aliphatic heterocycles. The van der Waals surface area contributed by atoms with Crippen molar-refractivity contribution in [3.8, 4) is 0 Å². The molecule has 0 aromatic carbocycles. The van der Waals surface area contributed by atoms with E-state index in [2.05, 4.69) is 0 Å². The van der Waals surface area contributed by atoms with E-state index in [4.69, 9.17) is 14.6 Å². The van der Waals surface area contributed by atoms with Crippen LogP contribution in [0.2, 0.25) is 0 Å². The van der Waals surface area contributed by atoms with Gasteiger partial charge in [0.15, 0.2) is 9.84 Å². The fourth-order valence-corrected chi connectivity index (χ4v) is 5.13. The quantitative estimate of drug-likeness (QED) is 0.780. The van der Waals surface area contributed by atoms with E-state index >= 15 is 0 Å². The Balaban J connectivity index is 2.01. The monoisotopic (exact) mass is 335 g/mol. The second-order valence-electron chi connectivity index (χ2n) is 6.95. The molecule has 8 nitrogen and oxygen atoms in total. The zero-order chi connectivity index (χ0) is 16.8. The van der Waals surface area contributed by atoms with Crippen molar-refractivity contribution in [2.24, 2.45) is 5.41 Å². The molecule has 2 saturated heterocycles. The Morgan fingerprint density at radius 1 is 1.32 bits per heavy atom. The van der Waals surface area contributed by atoms with Crippen LogP contribution in [-0.2, 0) is 24.1 Å². The number of sulfone groups is 1. The second-order valence-corrected chi connectivity index (χ2v) is 9.06. The molecule has 22 heavy (non-hydrogen) atoms. The van der Waals surface area contributed by atoms with Crippen LogP contribution in [0.5, 0.6) is 0 Å². The number of carboxylic acid groups (broad SMARTS) is 1. The number of carboxylic acids is 1. The van der Waals surface area contributed by atoms with Gasteiger partial charge >= 0.3 is 12.1 Å². The van der Waals surface area contributed by atoms with Crippen molar-refractivity contribution in [1.82, 2.24) is 4.90 Å². The highest BCUT2D eigenvalue weighted by molar-refractivity contribution is 7.91. The molecule has 2 fully saturated rings. The summed E-state index contributed by atoms with van der Waals surface area (Å²) in [5.74, 6) is -1.45. The smallest absolute Gasteiger partial charge is 0.410 e. The van der Waals surface area contributed by atoms with Crippen molar-refractivity contribution in [3.63, 3.8) is 0 Å². The van der Waals surface area contributed by atoms with Gasteiger partial charge in [-0.25, -0.2) is 18.0 Å². The molecule has 0 aliphatic carbocycles. The van der Waals surface area contributed by atoms with Gasteiger partial charge in [0.1, 0.15) is 12.2 Å². The van der Waals surface area contributed by atoms with Crippen LogP contribution in [0, 0.1) is 5.41 Å². The largest absolute Gasteiger partial charge is 0.480 e. The fourth-order valence-electron chi connectivity index (χ4n) is 2.86. The lowest BCUT2D eigenvalue weighted by Crippen LogP contribution is -2.64. The van der Waals surface area contributed by atoms with E-state index in [0.717, 1.165) is 0 Å². The molecule has 2 aliphatic rings. The van der Waals surface area contributed by atoms with Gasteiger partial charge in [-0.2, -0.15) is 0 Å². The Bertz CT molecular complexity index is 572. The lowest BCUT2D eigenvalue weighted by molar-refractivity contribution is -0.150. The van der Waals surface area contributed by atoms with Gasteiger partial charge in [0, 0.05) is 18.5 Å². The first-order valence-corrected chi connectivity index (χ1v) is 8.76. The van der Waals surface area contributed by atoms with Crippen LogP contribution in [0.1, 0.15) is 20.8 Å². The van der Waals surface area contributed by atoms with E-state index in [0.29, 0.717) is 0 Å². The van der Waals surface area contributed by atoms with Crippen molar-refractivity contribution in [1.29, 1.82) is 0 Å². The Morgan fingerprint density at radius 2 is 1.91 bits per heavy atom. The standard InChI is InChI=1S/C13H21NO7S/c1-12(2,3)21-11(17)14-6-13(7-14)8-22(18,19)5-9(13)20-4-10(15)16/h9H,4-8H2,1-3H3,(H,15,16)/t9-/m1/s1. The number of ether oxygens (including phenoxy) is 2. The fraction of sp³-hybridized carbons (Fsp3) is 0.846. The summed E-state index contributed by atoms with van der Waals surface area (Å²) in [5.41, 5.74) is -1.34. The van der Waals surface area contributed by atoms with Gasteiger partial charge in [0.05, 0.1) is 17.6 Å². The minimum absolute atomic E-state index is 0.0937. The van der Waals surface area contributed by atoms with Crippen molar-refractivity contribution in [2.45, 2.75) is 32.5 Å². The van der Waals surface area contributed by atoms with Crippen molar-refractivity contribution in [2.75, 3.05) is 31.2 Å². The average Bonchev–Trinajstić information content (AvgIpc) is 2.53. The molecule has 0 aromatic heterocycles. The molecule has 1 spiro atoms. The second kappa shape index (κ2) is 5.38. The molecule has 126 valence electrons. The van der Waals surface area contributed by atoms with E-state index in [1.807, 2.05) is 0 Å². The summed E-state index contributed by atoms with van der Waals surface area (Å²) in [7, 11) is -3.29. The number of nitrogens with zero attached hydrogens (tertiary/aromatic N) is 1. The molecule has 2 rings (SSSR count). The van der Waals surface area contributed by atoms with Crippen LogP contribution in [-0.4, -0.2) is 73.4 Å². The predicted molar refractivity (Wildman–Crippen MR) is 76.3 cm³/mol. The van der Waals surface area contributed by atoms with Gasteiger partial charge in [0.25, 0.3) is 0 Å². The van der Waals surface area contributed by atoms with Gasteiger partial charge in [-0.3, -0.25) is 0 Å².